The third kappa shape index (κ3) is 7.64. The maximum Gasteiger partial charge on any atom is 0.251 e. The minimum atomic E-state index is -3.81. The van der Waals surface area contributed by atoms with Crippen LogP contribution < -0.4 is 10.0 Å². The highest BCUT2D eigenvalue weighted by molar-refractivity contribution is 7.92. The normalized spacial score (nSPS) is 14.2. The van der Waals surface area contributed by atoms with E-state index in [1.54, 1.807) is 0 Å². The van der Waals surface area contributed by atoms with Gasteiger partial charge in [-0.2, -0.15) is 0 Å². The summed E-state index contributed by atoms with van der Waals surface area (Å²) in [4.78, 5) is 19.1. The van der Waals surface area contributed by atoms with E-state index < -0.39 is 21.7 Å². The Labute approximate surface area is 252 Å². The fourth-order valence-electron chi connectivity index (χ4n) is 4.90. The lowest BCUT2D eigenvalue weighted by atomic mass is 9.91. The standard InChI is InChI=1S/C29H27Cl2FN4O3S2/c1-18-34-27(16-40-18)13-33-29(37)22-10-25(32)12-26(11-22)35-41(38,39)17-19-14-36(15-19)28(20-2-6-23(30)7-3-20)21-4-8-24(31)9-5-21/h2-12,16,19,28,35H,13-15,17H2,1H3,(H,33,37). The number of carbonyl (C=O) groups excluding carboxylic acids is 1. The van der Waals surface area contributed by atoms with Crippen molar-refractivity contribution in [2.75, 3.05) is 23.6 Å². The summed E-state index contributed by atoms with van der Waals surface area (Å²) in [5.41, 5.74) is 2.77. The minimum absolute atomic E-state index is 0.00367. The number of benzene rings is 3. The zero-order chi connectivity index (χ0) is 29.1. The van der Waals surface area contributed by atoms with Crippen molar-refractivity contribution in [1.29, 1.82) is 0 Å². The highest BCUT2D eigenvalue weighted by atomic mass is 35.5. The van der Waals surface area contributed by atoms with Crippen molar-refractivity contribution in [1.82, 2.24) is 15.2 Å². The zero-order valence-corrected chi connectivity index (χ0v) is 25.1. The summed E-state index contributed by atoms with van der Waals surface area (Å²) in [7, 11) is -3.81. The molecule has 1 aromatic heterocycles. The van der Waals surface area contributed by atoms with Crippen LogP contribution in [0.3, 0.4) is 0 Å². The van der Waals surface area contributed by atoms with Gasteiger partial charge in [-0.05, 0) is 60.5 Å². The molecule has 0 atom stereocenters. The summed E-state index contributed by atoms with van der Waals surface area (Å²) in [6, 6.07) is 18.5. The molecule has 0 bridgehead atoms. The van der Waals surface area contributed by atoms with Crippen molar-refractivity contribution in [2.45, 2.75) is 19.5 Å². The van der Waals surface area contributed by atoms with Crippen molar-refractivity contribution < 1.29 is 17.6 Å². The Balaban J connectivity index is 1.22. The molecule has 1 fully saturated rings. The number of halogens is 3. The van der Waals surface area contributed by atoms with Crippen LogP contribution in [0.4, 0.5) is 10.1 Å². The number of amides is 1. The molecule has 0 spiro atoms. The lowest BCUT2D eigenvalue weighted by Gasteiger charge is -2.44. The quantitative estimate of drug-likeness (QED) is 0.214. The highest BCUT2D eigenvalue weighted by Crippen LogP contribution is 2.36. The van der Waals surface area contributed by atoms with Crippen LogP contribution in [0.25, 0.3) is 0 Å². The van der Waals surface area contributed by atoms with Gasteiger partial charge in [0.25, 0.3) is 5.91 Å². The second-order valence-electron chi connectivity index (χ2n) is 9.98. The Hall–Kier alpha value is -3.02. The maximum absolute atomic E-state index is 14.3. The third-order valence-corrected chi connectivity index (χ3v) is 9.49. The minimum Gasteiger partial charge on any atom is -0.346 e. The summed E-state index contributed by atoms with van der Waals surface area (Å²) < 4.78 is 42.8. The van der Waals surface area contributed by atoms with Crippen LogP contribution in [0, 0.1) is 18.7 Å². The van der Waals surface area contributed by atoms with Gasteiger partial charge in [0.15, 0.2) is 0 Å². The number of sulfonamides is 1. The molecule has 5 rings (SSSR count). The van der Waals surface area contributed by atoms with Gasteiger partial charge in [-0.1, -0.05) is 47.5 Å². The average molecular weight is 634 g/mol. The first-order chi connectivity index (χ1) is 19.5. The Morgan fingerprint density at radius 3 is 2.22 bits per heavy atom. The molecule has 1 amide bonds. The van der Waals surface area contributed by atoms with E-state index in [-0.39, 0.29) is 35.5 Å². The van der Waals surface area contributed by atoms with Gasteiger partial charge in [0, 0.05) is 40.0 Å². The van der Waals surface area contributed by atoms with Crippen molar-refractivity contribution in [2.24, 2.45) is 5.92 Å². The SMILES string of the molecule is Cc1nc(CNC(=O)c2cc(F)cc(NS(=O)(=O)CC3CN(C(c4ccc(Cl)cc4)c4ccc(Cl)cc4)C3)c2)cs1. The summed E-state index contributed by atoms with van der Waals surface area (Å²) in [5, 5.41) is 6.65. The number of likely N-dealkylation sites (tertiary alicyclic amines) is 1. The van der Waals surface area contributed by atoms with E-state index >= 15 is 0 Å². The van der Waals surface area contributed by atoms with Crippen LogP contribution >= 0.6 is 34.5 Å². The van der Waals surface area contributed by atoms with Crippen LogP contribution in [0.15, 0.2) is 72.1 Å². The Bertz CT molecular complexity index is 1600. The van der Waals surface area contributed by atoms with Crippen LogP contribution in [0.2, 0.25) is 10.0 Å². The Morgan fingerprint density at radius 1 is 1.05 bits per heavy atom. The number of hydrogen-bond acceptors (Lipinski definition) is 6. The molecular weight excluding hydrogens is 606 g/mol. The lowest BCUT2D eigenvalue weighted by Crippen LogP contribution is -2.51. The molecular formula is C29H27Cl2FN4O3S2. The molecule has 1 aliphatic heterocycles. The lowest BCUT2D eigenvalue weighted by molar-refractivity contribution is 0.0813. The van der Waals surface area contributed by atoms with Crippen LogP contribution in [0.1, 0.15) is 38.2 Å². The topological polar surface area (TPSA) is 91.4 Å². The van der Waals surface area contributed by atoms with E-state index in [4.69, 9.17) is 23.2 Å². The van der Waals surface area contributed by atoms with E-state index in [9.17, 15) is 17.6 Å². The largest absolute Gasteiger partial charge is 0.346 e. The molecule has 3 aromatic carbocycles. The number of rotatable bonds is 10. The molecule has 0 unspecified atom stereocenters. The summed E-state index contributed by atoms with van der Waals surface area (Å²) in [6.45, 7) is 3.14. The number of hydrogen-bond donors (Lipinski definition) is 2. The summed E-state index contributed by atoms with van der Waals surface area (Å²) in [6.07, 6.45) is 0. The zero-order valence-electron chi connectivity index (χ0n) is 22.0. The molecule has 214 valence electrons. The second kappa shape index (κ2) is 12.5. The maximum atomic E-state index is 14.3. The fraction of sp³-hybridized carbons (Fsp3) is 0.241. The third-order valence-electron chi connectivity index (χ3n) is 6.71. The van der Waals surface area contributed by atoms with E-state index in [0.717, 1.165) is 28.3 Å². The molecule has 2 heterocycles. The smallest absolute Gasteiger partial charge is 0.251 e. The van der Waals surface area contributed by atoms with Crippen LogP contribution in [0.5, 0.6) is 0 Å². The highest BCUT2D eigenvalue weighted by Gasteiger charge is 2.36. The average Bonchev–Trinajstić information content (AvgIpc) is 3.32. The van der Waals surface area contributed by atoms with E-state index in [0.29, 0.717) is 28.8 Å². The number of carbonyl (C=O) groups is 1. The number of anilines is 1. The van der Waals surface area contributed by atoms with Gasteiger partial charge < -0.3 is 5.32 Å². The van der Waals surface area contributed by atoms with Gasteiger partial charge >= 0.3 is 0 Å². The van der Waals surface area contributed by atoms with E-state index in [1.165, 1.54) is 17.4 Å². The Morgan fingerprint density at radius 2 is 1.66 bits per heavy atom. The first-order valence-corrected chi connectivity index (χ1v) is 16.1. The number of nitrogens with zero attached hydrogens (tertiary/aromatic N) is 2. The molecule has 0 radical (unpaired) electrons. The molecule has 1 aliphatic rings. The van der Waals surface area contributed by atoms with Gasteiger partial charge in [-0.25, -0.2) is 17.8 Å². The molecule has 7 nitrogen and oxygen atoms in total. The van der Waals surface area contributed by atoms with Gasteiger partial charge in [-0.15, -0.1) is 11.3 Å². The van der Waals surface area contributed by atoms with Gasteiger partial charge in [0.2, 0.25) is 10.0 Å². The first-order valence-electron chi connectivity index (χ1n) is 12.8. The molecule has 4 aromatic rings. The van der Waals surface area contributed by atoms with Crippen molar-refractivity contribution in [3.8, 4) is 0 Å². The number of thiazole rings is 1. The molecule has 2 N–H and O–H groups in total. The second-order valence-corrected chi connectivity index (χ2v) is 13.7. The van der Waals surface area contributed by atoms with Crippen molar-refractivity contribution in [3.05, 3.63) is 115 Å². The monoisotopic (exact) mass is 632 g/mol. The predicted molar refractivity (Wildman–Crippen MR) is 162 cm³/mol. The van der Waals surface area contributed by atoms with Gasteiger partial charge in [0.1, 0.15) is 5.82 Å². The van der Waals surface area contributed by atoms with Crippen LogP contribution in [-0.4, -0.2) is 43.1 Å². The number of aryl methyl sites for hydroxylation is 1. The number of aromatic nitrogens is 1. The van der Waals surface area contributed by atoms with Crippen LogP contribution in [-0.2, 0) is 16.6 Å². The fourth-order valence-corrected chi connectivity index (χ4v) is 7.16. The van der Waals surface area contributed by atoms with Gasteiger partial charge in [0.05, 0.1) is 34.7 Å². The van der Waals surface area contributed by atoms with Crippen molar-refractivity contribution >= 4 is 56.2 Å². The Kier molecular flexibility index (Phi) is 8.96. The first kappa shape index (κ1) is 29.5. The predicted octanol–water partition coefficient (Wildman–Crippen LogP) is 6.29. The number of nitrogens with one attached hydrogen (secondary N) is 2. The summed E-state index contributed by atoms with van der Waals surface area (Å²) in [5.74, 6) is -1.52. The van der Waals surface area contributed by atoms with Crippen molar-refractivity contribution in [3.63, 3.8) is 0 Å². The van der Waals surface area contributed by atoms with E-state index in [2.05, 4.69) is 19.9 Å². The molecule has 0 saturated carbocycles. The molecule has 41 heavy (non-hydrogen) atoms. The van der Waals surface area contributed by atoms with Gasteiger partial charge in [-0.3, -0.25) is 14.4 Å². The summed E-state index contributed by atoms with van der Waals surface area (Å²) >= 11 is 13.7. The van der Waals surface area contributed by atoms with E-state index in [1.807, 2.05) is 60.8 Å². The molecule has 1 saturated heterocycles. The molecule has 0 aliphatic carbocycles. The molecule has 12 heteroatoms.